The minimum Gasteiger partial charge on any atom is -0.507 e. The van der Waals surface area contributed by atoms with E-state index in [1.807, 2.05) is 19.1 Å². The third kappa shape index (κ3) is 4.84. The van der Waals surface area contributed by atoms with Crippen molar-refractivity contribution in [3.63, 3.8) is 0 Å². The highest BCUT2D eigenvalue weighted by atomic mass is 16.5. The van der Waals surface area contributed by atoms with Gasteiger partial charge in [-0.15, -0.1) is 0 Å². The lowest BCUT2D eigenvalue weighted by molar-refractivity contribution is -0.142. The molecule has 1 N–H and O–H groups in total. The number of ether oxygens (including phenoxy) is 1. The molecule has 1 fully saturated rings. The van der Waals surface area contributed by atoms with E-state index in [-0.39, 0.29) is 23.7 Å². The Morgan fingerprint density at radius 2 is 1.57 bits per heavy atom. The molecule has 7 nitrogen and oxygen atoms in total. The van der Waals surface area contributed by atoms with Gasteiger partial charge >= 0.3 is 5.97 Å². The second-order valence-corrected chi connectivity index (χ2v) is 8.15. The van der Waals surface area contributed by atoms with Crippen LogP contribution < -0.4 is 4.90 Å². The van der Waals surface area contributed by atoms with Gasteiger partial charge in [0.2, 0.25) is 0 Å². The van der Waals surface area contributed by atoms with Crippen LogP contribution in [0, 0.1) is 0 Å². The summed E-state index contributed by atoms with van der Waals surface area (Å²) in [6, 6.07) is 16.7. The molecule has 2 aromatic carbocycles. The normalized spacial score (nSPS) is 17.0. The molecule has 0 aliphatic carbocycles. The summed E-state index contributed by atoms with van der Waals surface area (Å²) in [7, 11) is 0. The highest BCUT2D eigenvalue weighted by molar-refractivity contribution is 6.51. The number of aromatic nitrogens is 1. The Balaban J connectivity index is 1.78. The summed E-state index contributed by atoms with van der Waals surface area (Å²) >= 11 is 0. The van der Waals surface area contributed by atoms with Gasteiger partial charge in [0.1, 0.15) is 5.76 Å². The Bertz CT molecular complexity index is 1260. The van der Waals surface area contributed by atoms with Crippen LogP contribution in [0.5, 0.6) is 0 Å². The van der Waals surface area contributed by atoms with Crippen molar-refractivity contribution in [2.45, 2.75) is 32.7 Å². The van der Waals surface area contributed by atoms with Gasteiger partial charge in [0.25, 0.3) is 11.7 Å². The Morgan fingerprint density at radius 1 is 0.943 bits per heavy atom. The number of pyridine rings is 1. The number of rotatable bonds is 7. The zero-order chi connectivity index (χ0) is 24.9. The number of aliphatic hydroxyl groups is 1. The number of carbonyl (C=O) groups is 3. The summed E-state index contributed by atoms with van der Waals surface area (Å²) in [5.41, 5.74) is 3.41. The van der Waals surface area contributed by atoms with Crippen LogP contribution >= 0.6 is 0 Å². The third-order valence-electron chi connectivity index (χ3n) is 5.97. The molecule has 1 atom stereocenters. The molecule has 35 heavy (non-hydrogen) atoms. The van der Waals surface area contributed by atoms with Gasteiger partial charge in [0.15, 0.2) is 0 Å². The largest absolute Gasteiger partial charge is 0.507 e. The number of esters is 1. The van der Waals surface area contributed by atoms with Crippen LogP contribution in [0.25, 0.3) is 5.76 Å². The molecule has 0 bridgehead atoms. The summed E-state index contributed by atoms with van der Waals surface area (Å²) < 4.78 is 4.99. The molecule has 3 aromatic rings. The van der Waals surface area contributed by atoms with E-state index < -0.39 is 17.7 Å². The minimum absolute atomic E-state index is 0.0149. The SMILES string of the molecule is CCOC(=O)Cc1ccc(N2C(=O)C(=O)/C(=C(\O)c3ccc(CC)cc3)C2c2ccncc2)cc1. The van der Waals surface area contributed by atoms with Crippen molar-refractivity contribution >= 4 is 29.1 Å². The van der Waals surface area contributed by atoms with Crippen molar-refractivity contribution in [2.24, 2.45) is 0 Å². The zero-order valence-corrected chi connectivity index (χ0v) is 19.6. The number of hydrogen-bond donors (Lipinski definition) is 1. The van der Waals surface area contributed by atoms with Crippen molar-refractivity contribution in [1.82, 2.24) is 4.98 Å². The maximum atomic E-state index is 13.2. The van der Waals surface area contributed by atoms with Crippen LogP contribution in [0.3, 0.4) is 0 Å². The quantitative estimate of drug-likeness (QED) is 0.238. The Kier molecular flexibility index (Phi) is 7.06. The van der Waals surface area contributed by atoms with Crippen molar-refractivity contribution < 1.29 is 24.2 Å². The summed E-state index contributed by atoms with van der Waals surface area (Å²) in [6.45, 7) is 4.07. The van der Waals surface area contributed by atoms with Gasteiger partial charge in [-0.25, -0.2) is 0 Å². The van der Waals surface area contributed by atoms with Crippen LogP contribution in [-0.4, -0.2) is 34.4 Å². The molecule has 0 radical (unpaired) electrons. The maximum Gasteiger partial charge on any atom is 0.310 e. The standard InChI is InChI=1S/C28H26N2O5/c1-3-18-5-9-21(10-6-18)26(32)24-25(20-13-15-29-16-14-20)30(28(34)27(24)33)22-11-7-19(8-12-22)17-23(31)35-4-2/h5-16,25,32H,3-4,17H2,1-2H3/b26-24-. The molecule has 4 rings (SSSR count). The fourth-order valence-electron chi connectivity index (χ4n) is 4.17. The highest BCUT2D eigenvalue weighted by Crippen LogP contribution is 2.42. The molecule has 1 saturated heterocycles. The van der Waals surface area contributed by atoms with Gasteiger partial charge in [0, 0.05) is 23.6 Å². The minimum atomic E-state index is -0.834. The number of hydrogen-bond acceptors (Lipinski definition) is 6. The van der Waals surface area contributed by atoms with E-state index >= 15 is 0 Å². The summed E-state index contributed by atoms with van der Waals surface area (Å²) in [4.78, 5) is 43.7. The molecule has 2 heterocycles. The van der Waals surface area contributed by atoms with E-state index in [4.69, 9.17) is 4.74 Å². The predicted molar refractivity (Wildman–Crippen MR) is 132 cm³/mol. The molecular weight excluding hydrogens is 444 g/mol. The molecule has 0 saturated carbocycles. The van der Waals surface area contributed by atoms with E-state index in [1.165, 1.54) is 4.90 Å². The molecule has 1 amide bonds. The number of ketones is 1. The van der Waals surface area contributed by atoms with Crippen molar-refractivity contribution in [3.8, 4) is 0 Å². The fraction of sp³-hybridized carbons (Fsp3) is 0.214. The first-order valence-corrected chi connectivity index (χ1v) is 11.5. The number of amides is 1. The van der Waals surface area contributed by atoms with E-state index in [9.17, 15) is 19.5 Å². The number of anilines is 1. The fourth-order valence-corrected chi connectivity index (χ4v) is 4.17. The molecule has 7 heteroatoms. The second-order valence-electron chi connectivity index (χ2n) is 8.15. The average molecular weight is 471 g/mol. The van der Waals surface area contributed by atoms with Crippen molar-refractivity contribution in [3.05, 3.63) is 101 Å². The van der Waals surface area contributed by atoms with Gasteiger partial charge in [-0.1, -0.05) is 43.3 Å². The van der Waals surface area contributed by atoms with Gasteiger partial charge in [-0.3, -0.25) is 24.3 Å². The van der Waals surface area contributed by atoms with Gasteiger partial charge in [0.05, 0.1) is 24.6 Å². The lowest BCUT2D eigenvalue weighted by atomic mass is 9.95. The predicted octanol–water partition coefficient (Wildman–Crippen LogP) is 4.38. The number of aliphatic hydroxyl groups excluding tert-OH is 1. The molecule has 1 aliphatic heterocycles. The molecule has 1 aromatic heterocycles. The molecule has 0 spiro atoms. The van der Waals surface area contributed by atoms with Crippen LogP contribution in [0.2, 0.25) is 0 Å². The van der Waals surface area contributed by atoms with E-state index in [1.54, 1.807) is 67.8 Å². The molecule has 1 unspecified atom stereocenters. The van der Waals surface area contributed by atoms with Crippen LogP contribution in [0.1, 0.15) is 42.1 Å². The summed E-state index contributed by atoms with van der Waals surface area (Å²) in [5.74, 6) is -2.07. The first-order chi connectivity index (χ1) is 16.9. The number of aryl methyl sites for hydroxylation is 1. The van der Waals surface area contributed by atoms with Gasteiger partial charge in [-0.2, -0.15) is 0 Å². The van der Waals surface area contributed by atoms with Crippen molar-refractivity contribution in [2.75, 3.05) is 11.5 Å². The molecule has 178 valence electrons. The van der Waals surface area contributed by atoms with E-state index in [2.05, 4.69) is 4.98 Å². The van der Waals surface area contributed by atoms with Gasteiger partial charge in [-0.05, 0) is 54.3 Å². The number of carbonyl (C=O) groups excluding carboxylic acids is 3. The van der Waals surface area contributed by atoms with Crippen molar-refractivity contribution in [1.29, 1.82) is 0 Å². The topological polar surface area (TPSA) is 96.8 Å². The zero-order valence-electron chi connectivity index (χ0n) is 19.6. The summed E-state index contributed by atoms with van der Waals surface area (Å²) in [5, 5.41) is 11.2. The second kappa shape index (κ2) is 10.3. The first kappa shape index (κ1) is 23.9. The number of nitrogens with zero attached hydrogens (tertiary/aromatic N) is 2. The Hall–Kier alpha value is -4.26. The maximum absolute atomic E-state index is 13.2. The monoisotopic (exact) mass is 470 g/mol. The van der Waals surface area contributed by atoms with Crippen LogP contribution in [0.15, 0.2) is 78.6 Å². The Labute approximate surface area is 203 Å². The Morgan fingerprint density at radius 3 is 2.17 bits per heavy atom. The average Bonchev–Trinajstić information content (AvgIpc) is 3.15. The van der Waals surface area contributed by atoms with Gasteiger partial charge < -0.3 is 9.84 Å². The van der Waals surface area contributed by atoms with E-state index in [0.29, 0.717) is 23.4 Å². The third-order valence-corrected chi connectivity index (χ3v) is 5.97. The van der Waals surface area contributed by atoms with Crippen LogP contribution in [-0.2, 0) is 32.0 Å². The molecular formula is C28H26N2O5. The first-order valence-electron chi connectivity index (χ1n) is 11.5. The van der Waals surface area contributed by atoms with Crippen LogP contribution in [0.4, 0.5) is 5.69 Å². The number of Topliss-reactive ketones (excluding diaryl/α,β-unsaturated/α-hetero) is 1. The smallest absolute Gasteiger partial charge is 0.310 e. The van der Waals surface area contributed by atoms with E-state index in [0.717, 1.165) is 17.5 Å². The lowest BCUT2D eigenvalue weighted by Crippen LogP contribution is -2.29. The number of benzene rings is 2. The molecule has 1 aliphatic rings. The lowest BCUT2D eigenvalue weighted by Gasteiger charge is -2.25. The highest BCUT2D eigenvalue weighted by Gasteiger charge is 2.46. The summed E-state index contributed by atoms with van der Waals surface area (Å²) in [6.07, 6.45) is 4.10.